The number of carbonyl (C=O) groups excluding carboxylic acids is 1. The van der Waals surface area contributed by atoms with Crippen LogP contribution in [0.3, 0.4) is 0 Å². The molecule has 2 rings (SSSR count). The van der Waals surface area contributed by atoms with Gasteiger partial charge in [0.2, 0.25) is 0 Å². The zero-order chi connectivity index (χ0) is 21.2. The first-order chi connectivity index (χ1) is 14.0. The molecule has 29 heavy (non-hydrogen) atoms. The lowest BCUT2D eigenvalue weighted by Gasteiger charge is -2.09. The van der Waals surface area contributed by atoms with Gasteiger partial charge >= 0.3 is 5.97 Å². The van der Waals surface area contributed by atoms with Crippen molar-refractivity contribution in [3.63, 3.8) is 0 Å². The van der Waals surface area contributed by atoms with Crippen LogP contribution in [0.2, 0.25) is 10.0 Å². The van der Waals surface area contributed by atoms with Gasteiger partial charge in [0.25, 0.3) is 0 Å². The maximum Gasteiger partial charge on any atom is 0.360 e. The van der Waals surface area contributed by atoms with Crippen LogP contribution >= 0.6 is 23.2 Å². The predicted octanol–water partition coefficient (Wildman–Crippen LogP) is 5.12. The molecule has 0 fully saturated rings. The second-order valence-corrected chi connectivity index (χ2v) is 6.56. The Morgan fingerprint density at radius 1 is 1.03 bits per heavy atom. The Labute approximate surface area is 179 Å². The van der Waals surface area contributed by atoms with Crippen molar-refractivity contribution in [3.05, 3.63) is 75.3 Å². The van der Waals surface area contributed by atoms with Crippen LogP contribution in [-0.4, -0.2) is 31.6 Å². The van der Waals surface area contributed by atoms with Crippen molar-refractivity contribution in [2.45, 2.75) is 13.5 Å². The first-order valence-corrected chi connectivity index (χ1v) is 9.30. The molecule has 0 unspecified atom stereocenters. The topological polar surface area (TPSA) is 69.5 Å². The van der Waals surface area contributed by atoms with Crippen molar-refractivity contribution >= 4 is 46.7 Å². The quantitative estimate of drug-likeness (QED) is 0.328. The third-order valence-corrected chi connectivity index (χ3v) is 4.41. The number of ether oxygens (including phenoxy) is 1. The standard InChI is InChI=1S/C21H20Cl2N2O4/c1-14(11-12-17-18(22)9-6-10-19(17)23)24-29-13-15-7-4-5-8-16(15)20(25-28-3)21(26)27-2/h4-12H,13H2,1-3H3/b12-11?,24-14+,25-20?. The van der Waals surface area contributed by atoms with E-state index in [1.165, 1.54) is 14.2 Å². The fourth-order valence-electron chi connectivity index (χ4n) is 2.37. The van der Waals surface area contributed by atoms with Gasteiger partial charge in [-0.15, -0.1) is 0 Å². The average Bonchev–Trinajstić information content (AvgIpc) is 2.71. The van der Waals surface area contributed by atoms with Crippen molar-refractivity contribution in [2.24, 2.45) is 10.3 Å². The van der Waals surface area contributed by atoms with E-state index in [0.29, 0.717) is 32.4 Å². The van der Waals surface area contributed by atoms with Gasteiger partial charge in [-0.05, 0) is 25.1 Å². The van der Waals surface area contributed by atoms with Gasteiger partial charge in [-0.3, -0.25) is 0 Å². The molecule has 0 heterocycles. The fourth-order valence-corrected chi connectivity index (χ4v) is 2.89. The van der Waals surface area contributed by atoms with Gasteiger partial charge in [-0.2, -0.15) is 0 Å². The average molecular weight is 435 g/mol. The van der Waals surface area contributed by atoms with E-state index in [0.717, 1.165) is 0 Å². The maximum absolute atomic E-state index is 12.0. The summed E-state index contributed by atoms with van der Waals surface area (Å²) in [7, 11) is 2.63. The van der Waals surface area contributed by atoms with Gasteiger partial charge in [0.15, 0.2) is 5.71 Å². The molecule has 0 aliphatic rings. The second-order valence-electron chi connectivity index (χ2n) is 5.75. The van der Waals surface area contributed by atoms with Gasteiger partial charge in [0.05, 0.1) is 12.8 Å². The lowest BCUT2D eigenvalue weighted by molar-refractivity contribution is -0.132. The van der Waals surface area contributed by atoms with Crippen LogP contribution in [0.25, 0.3) is 6.08 Å². The second kappa shape index (κ2) is 11.2. The Morgan fingerprint density at radius 3 is 2.38 bits per heavy atom. The van der Waals surface area contributed by atoms with Crippen molar-refractivity contribution < 1.29 is 19.2 Å². The summed E-state index contributed by atoms with van der Waals surface area (Å²) in [5.74, 6) is -0.612. The molecular formula is C21H20Cl2N2O4. The van der Waals surface area contributed by atoms with E-state index in [1.54, 1.807) is 55.5 Å². The minimum absolute atomic E-state index is 0.0446. The molecule has 0 spiro atoms. The summed E-state index contributed by atoms with van der Waals surface area (Å²) in [6.45, 7) is 1.90. The van der Waals surface area contributed by atoms with Crippen LogP contribution in [0.4, 0.5) is 0 Å². The summed E-state index contributed by atoms with van der Waals surface area (Å²) in [6.07, 6.45) is 3.51. The SMILES string of the molecule is CON=C(C(=O)OC)c1ccccc1CO/N=C(\C)C=Cc1c(Cl)cccc1Cl. The Bertz CT molecular complexity index is 935. The highest BCUT2D eigenvalue weighted by molar-refractivity contribution is 6.43. The fraction of sp³-hybridized carbons (Fsp3) is 0.190. The zero-order valence-corrected chi connectivity index (χ0v) is 17.7. The number of hydrogen-bond acceptors (Lipinski definition) is 6. The van der Waals surface area contributed by atoms with Crippen molar-refractivity contribution in [1.29, 1.82) is 0 Å². The number of allylic oxidation sites excluding steroid dienone is 1. The highest BCUT2D eigenvalue weighted by atomic mass is 35.5. The highest BCUT2D eigenvalue weighted by Crippen LogP contribution is 2.25. The van der Waals surface area contributed by atoms with Crippen LogP contribution < -0.4 is 0 Å². The molecule has 0 atom stereocenters. The Hall–Kier alpha value is -2.83. The van der Waals surface area contributed by atoms with Crippen molar-refractivity contribution in [3.8, 4) is 0 Å². The summed E-state index contributed by atoms with van der Waals surface area (Å²) in [5, 5.41) is 8.92. The van der Waals surface area contributed by atoms with Gasteiger partial charge < -0.3 is 14.4 Å². The summed E-state index contributed by atoms with van der Waals surface area (Å²) in [6, 6.07) is 12.4. The molecule has 6 nitrogen and oxygen atoms in total. The number of hydrogen-bond donors (Lipinski definition) is 0. The maximum atomic E-state index is 12.0. The molecule has 152 valence electrons. The number of oxime groups is 2. The molecule has 0 amide bonds. The normalized spacial score (nSPS) is 12.2. The lowest BCUT2D eigenvalue weighted by atomic mass is 10.0. The van der Waals surface area contributed by atoms with E-state index < -0.39 is 5.97 Å². The molecule has 2 aromatic rings. The van der Waals surface area contributed by atoms with E-state index in [-0.39, 0.29) is 12.3 Å². The number of nitrogens with zero attached hydrogens (tertiary/aromatic N) is 2. The van der Waals surface area contributed by atoms with Crippen LogP contribution in [-0.2, 0) is 25.8 Å². The van der Waals surface area contributed by atoms with Crippen LogP contribution in [0.5, 0.6) is 0 Å². The number of esters is 1. The van der Waals surface area contributed by atoms with Gasteiger partial charge in [-0.1, -0.05) is 69.9 Å². The van der Waals surface area contributed by atoms with Gasteiger partial charge in [-0.25, -0.2) is 4.79 Å². The van der Waals surface area contributed by atoms with Gasteiger partial charge in [0, 0.05) is 26.7 Å². The molecule has 0 bridgehead atoms. The van der Waals surface area contributed by atoms with Crippen LogP contribution in [0.15, 0.2) is 58.9 Å². The molecule has 8 heteroatoms. The Morgan fingerprint density at radius 2 is 1.72 bits per heavy atom. The largest absolute Gasteiger partial charge is 0.464 e. The van der Waals surface area contributed by atoms with Crippen LogP contribution in [0, 0.1) is 0 Å². The van der Waals surface area contributed by atoms with E-state index in [9.17, 15) is 4.79 Å². The molecule has 0 saturated heterocycles. The minimum atomic E-state index is -0.612. The molecule has 0 N–H and O–H groups in total. The van der Waals surface area contributed by atoms with E-state index in [2.05, 4.69) is 10.3 Å². The predicted molar refractivity (Wildman–Crippen MR) is 115 cm³/mol. The van der Waals surface area contributed by atoms with Crippen molar-refractivity contribution in [1.82, 2.24) is 0 Å². The monoisotopic (exact) mass is 434 g/mol. The third kappa shape index (κ3) is 6.34. The smallest absolute Gasteiger partial charge is 0.360 e. The number of benzene rings is 2. The number of carbonyl (C=O) groups is 1. The zero-order valence-electron chi connectivity index (χ0n) is 16.2. The molecule has 0 saturated carbocycles. The Balaban J connectivity index is 2.13. The van der Waals surface area contributed by atoms with Gasteiger partial charge in [0.1, 0.15) is 13.7 Å². The Kier molecular flexibility index (Phi) is 8.70. The summed E-state index contributed by atoms with van der Waals surface area (Å²) in [5.41, 5.74) is 2.59. The highest BCUT2D eigenvalue weighted by Gasteiger charge is 2.19. The summed E-state index contributed by atoms with van der Waals surface area (Å²) < 4.78 is 4.76. The summed E-state index contributed by atoms with van der Waals surface area (Å²) in [4.78, 5) is 22.2. The number of rotatable bonds is 8. The summed E-state index contributed by atoms with van der Waals surface area (Å²) >= 11 is 12.3. The molecule has 0 aromatic heterocycles. The van der Waals surface area contributed by atoms with Crippen molar-refractivity contribution in [2.75, 3.05) is 14.2 Å². The molecule has 0 radical (unpaired) electrons. The molecule has 2 aromatic carbocycles. The van der Waals surface area contributed by atoms with Crippen LogP contribution in [0.1, 0.15) is 23.6 Å². The molecule has 0 aliphatic heterocycles. The first kappa shape index (κ1) is 22.5. The minimum Gasteiger partial charge on any atom is -0.464 e. The number of halogens is 2. The van der Waals surface area contributed by atoms with E-state index >= 15 is 0 Å². The first-order valence-electron chi connectivity index (χ1n) is 8.54. The lowest BCUT2D eigenvalue weighted by Crippen LogP contribution is -2.19. The van der Waals surface area contributed by atoms with E-state index in [4.69, 9.17) is 37.6 Å². The third-order valence-electron chi connectivity index (χ3n) is 3.75. The molecule has 0 aliphatic carbocycles. The van der Waals surface area contributed by atoms with E-state index in [1.807, 2.05) is 6.07 Å². The number of methoxy groups -OCH3 is 1. The molecular weight excluding hydrogens is 415 g/mol.